The first kappa shape index (κ1) is 15.4. The molecule has 2 rings (SSSR count). The second-order valence-corrected chi connectivity index (χ2v) is 5.36. The lowest BCUT2D eigenvalue weighted by molar-refractivity contribution is -0.149. The van der Waals surface area contributed by atoms with Gasteiger partial charge in [-0.1, -0.05) is 0 Å². The molecule has 0 amide bonds. The molecule has 113 valence electrons. The maximum Gasteiger partial charge on any atom is 0.323 e. The third-order valence-electron chi connectivity index (χ3n) is 3.96. The van der Waals surface area contributed by atoms with Crippen LogP contribution in [0.2, 0.25) is 0 Å². The SMILES string of the molecule is CCOC(=O)C1CCCN1C(C=O)NC1CCC[N]C1. The summed E-state index contributed by atoms with van der Waals surface area (Å²) in [6.45, 7) is 4.60. The highest BCUT2D eigenvalue weighted by molar-refractivity contribution is 5.77. The van der Waals surface area contributed by atoms with E-state index in [1.54, 1.807) is 6.92 Å². The summed E-state index contributed by atoms with van der Waals surface area (Å²) in [5.74, 6) is -0.216. The molecule has 1 N–H and O–H groups in total. The van der Waals surface area contributed by atoms with Gasteiger partial charge in [0.1, 0.15) is 12.2 Å². The maximum atomic E-state index is 11.9. The topological polar surface area (TPSA) is 72.7 Å². The molecule has 0 spiro atoms. The van der Waals surface area contributed by atoms with Crippen molar-refractivity contribution in [3.63, 3.8) is 0 Å². The molecular formula is C14H24N3O3. The van der Waals surface area contributed by atoms with E-state index < -0.39 is 6.17 Å². The minimum absolute atomic E-state index is 0.216. The van der Waals surface area contributed by atoms with E-state index in [1.165, 1.54) is 0 Å². The van der Waals surface area contributed by atoms with Crippen LogP contribution in [-0.2, 0) is 14.3 Å². The van der Waals surface area contributed by atoms with Crippen LogP contribution >= 0.6 is 0 Å². The summed E-state index contributed by atoms with van der Waals surface area (Å²) in [7, 11) is 0. The molecule has 0 aromatic rings. The van der Waals surface area contributed by atoms with Gasteiger partial charge in [0.05, 0.1) is 6.61 Å². The number of carbonyl (C=O) groups excluding carboxylic acids is 2. The Labute approximate surface area is 120 Å². The van der Waals surface area contributed by atoms with Gasteiger partial charge in [-0.3, -0.25) is 15.0 Å². The second-order valence-electron chi connectivity index (χ2n) is 5.36. The Morgan fingerprint density at radius 3 is 3.00 bits per heavy atom. The minimum Gasteiger partial charge on any atom is -0.465 e. The summed E-state index contributed by atoms with van der Waals surface area (Å²) in [6, 6.07) is -0.0550. The molecule has 6 heteroatoms. The number of nitrogens with zero attached hydrogens (tertiary/aromatic N) is 2. The van der Waals surface area contributed by atoms with Crippen molar-refractivity contribution < 1.29 is 14.3 Å². The molecule has 2 aliphatic rings. The van der Waals surface area contributed by atoms with Crippen molar-refractivity contribution in [3.8, 4) is 0 Å². The van der Waals surface area contributed by atoms with Crippen molar-refractivity contribution in [1.29, 1.82) is 0 Å². The van der Waals surface area contributed by atoms with E-state index in [0.717, 1.165) is 51.6 Å². The van der Waals surface area contributed by atoms with Gasteiger partial charge in [0, 0.05) is 25.7 Å². The van der Waals surface area contributed by atoms with Gasteiger partial charge in [0.2, 0.25) is 0 Å². The van der Waals surface area contributed by atoms with Crippen LogP contribution in [0.25, 0.3) is 0 Å². The quantitative estimate of drug-likeness (QED) is 0.544. The van der Waals surface area contributed by atoms with Crippen LogP contribution in [0.4, 0.5) is 0 Å². The molecule has 3 atom stereocenters. The van der Waals surface area contributed by atoms with Gasteiger partial charge in [-0.15, -0.1) is 0 Å². The van der Waals surface area contributed by atoms with E-state index in [2.05, 4.69) is 10.6 Å². The Morgan fingerprint density at radius 2 is 2.35 bits per heavy atom. The van der Waals surface area contributed by atoms with Gasteiger partial charge in [0.15, 0.2) is 6.29 Å². The van der Waals surface area contributed by atoms with E-state index >= 15 is 0 Å². The lowest BCUT2D eigenvalue weighted by Gasteiger charge is -2.33. The zero-order chi connectivity index (χ0) is 14.4. The van der Waals surface area contributed by atoms with Gasteiger partial charge in [-0.25, -0.2) is 5.32 Å². The minimum atomic E-state index is -0.412. The van der Waals surface area contributed by atoms with Gasteiger partial charge in [-0.05, 0) is 32.6 Å². The summed E-state index contributed by atoms with van der Waals surface area (Å²) in [4.78, 5) is 25.3. The predicted molar refractivity (Wildman–Crippen MR) is 74.2 cm³/mol. The highest BCUT2D eigenvalue weighted by atomic mass is 16.5. The zero-order valence-electron chi connectivity index (χ0n) is 12.1. The third-order valence-corrected chi connectivity index (χ3v) is 3.96. The summed E-state index contributed by atoms with van der Waals surface area (Å²) in [5.41, 5.74) is 0. The normalized spacial score (nSPS) is 29.1. The lowest BCUT2D eigenvalue weighted by Crippen LogP contribution is -2.56. The average Bonchev–Trinajstić information content (AvgIpc) is 2.95. The average molecular weight is 282 g/mol. The number of hydrogen-bond acceptors (Lipinski definition) is 5. The van der Waals surface area contributed by atoms with Crippen molar-refractivity contribution in [2.45, 2.75) is 50.9 Å². The number of aldehydes is 1. The van der Waals surface area contributed by atoms with Crippen molar-refractivity contribution in [3.05, 3.63) is 0 Å². The summed E-state index contributed by atoms with van der Waals surface area (Å²) >= 11 is 0. The Morgan fingerprint density at radius 1 is 1.50 bits per heavy atom. The number of likely N-dealkylation sites (tertiary alicyclic amines) is 1. The van der Waals surface area contributed by atoms with Crippen molar-refractivity contribution in [2.75, 3.05) is 26.2 Å². The lowest BCUT2D eigenvalue weighted by atomic mass is 10.1. The summed E-state index contributed by atoms with van der Waals surface area (Å²) in [6.07, 6.45) is 4.26. The van der Waals surface area contributed by atoms with E-state index in [9.17, 15) is 9.59 Å². The zero-order valence-corrected chi connectivity index (χ0v) is 12.1. The van der Waals surface area contributed by atoms with Crippen molar-refractivity contribution >= 4 is 12.3 Å². The molecule has 2 saturated heterocycles. The Hall–Kier alpha value is -0.980. The van der Waals surface area contributed by atoms with Crippen LogP contribution in [0.15, 0.2) is 0 Å². The number of carbonyl (C=O) groups is 2. The summed E-state index contributed by atoms with van der Waals surface area (Å²) < 4.78 is 5.10. The van der Waals surface area contributed by atoms with Crippen LogP contribution in [0, 0.1) is 0 Å². The molecule has 2 fully saturated rings. The molecule has 6 nitrogen and oxygen atoms in total. The smallest absolute Gasteiger partial charge is 0.323 e. The predicted octanol–water partition coefficient (Wildman–Crippen LogP) is -0.105. The number of ether oxygens (including phenoxy) is 1. The Bertz CT molecular complexity index is 332. The molecule has 3 unspecified atom stereocenters. The van der Waals surface area contributed by atoms with Crippen LogP contribution in [0.3, 0.4) is 0 Å². The van der Waals surface area contributed by atoms with Gasteiger partial charge in [0.25, 0.3) is 0 Å². The number of piperidine rings is 1. The molecule has 0 saturated carbocycles. The molecule has 0 aromatic heterocycles. The van der Waals surface area contributed by atoms with Crippen LogP contribution in [0.5, 0.6) is 0 Å². The number of rotatable bonds is 6. The van der Waals surface area contributed by atoms with Gasteiger partial charge >= 0.3 is 5.97 Å². The van der Waals surface area contributed by atoms with Crippen molar-refractivity contribution in [2.24, 2.45) is 0 Å². The van der Waals surface area contributed by atoms with Gasteiger partial charge in [-0.2, -0.15) is 0 Å². The molecule has 2 heterocycles. The van der Waals surface area contributed by atoms with E-state index in [0.29, 0.717) is 6.61 Å². The Balaban J connectivity index is 1.94. The maximum absolute atomic E-state index is 11.9. The highest BCUT2D eigenvalue weighted by Gasteiger charge is 2.37. The molecule has 20 heavy (non-hydrogen) atoms. The second kappa shape index (κ2) is 7.71. The summed E-state index contributed by atoms with van der Waals surface area (Å²) in [5, 5.41) is 7.70. The first-order valence-corrected chi connectivity index (χ1v) is 7.53. The van der Waals surface area contributed by atoms with Gasteiger partial charge < -0.3 is 9.53 Å². The molecule has 0 bridgehead atoms. The fourth-order valence-electron chi connectivity index (χ4n) is 2.99. The number of nitrogens with one attached hydrogen (secondary N) is 1. The first-order chi connectivity index (χ1) is 9.76. The van der Waals surface area contributed by atoms with Crippen LogP contribution in [0.1, 0.15) is 32.6 Å². The Kier molecular flexibility index (Phi) is 5.94. The van der Waals surface area contributed by atoms with E-state index in [1.807, 2.05) is 4.90 Å². The van der Waals surface area contributed by atoms with E-state index in [-0.39, 0.29) is 18.1 Å². The monoisotopic (exact) mass is 282 g/mol. The molecule has 1 radical (unpaired) electrons. The standard InChI is InChI=1S/C14H24N3O3/c1-2-20-14(19)12-6-4-8-17(12)13(10-18)16-11-5-3-7-15-9-11/h10-13,16H,2-9H2,1H3. The third kappa shape index (κ3) is 3.77. The largest absolute Gasteiger partial charge is 0.465 e. The number of hydrogen-bond donors (Lipinski definition) is 1. The first-order valence-electron chi connectivity index (χ1n) is 7.53. The molecular weight excluding hydrogens is 258 g/mol. The van der Waals surface area contributed by atoms with Crippen LogP contribution in [-0.4, -0.2) is 61.6 Å². The fourth-order valence-corrected chi connectivity index (χ4v) is 2.99. The fraction of sp³-hybridized carbons (Fsp3) is 0.857. The van der Waals surface area contributed by atoms with E-state index in [4.69, 9.17) is 4.74 Å². The molecule has 0 aromatic carbocycles. The highest BCUT2D eigenvalue weighted by Crippen LogP contribution is 2.20. The van der Waals surface area contributed by atoms with Crippen LogP contribution < -0.4 is 10.6 Å². The molecule has 0 aliphatic carbocycles. The molecule has 2 aliphatic heterocycles. The van der Waals surface area contributed by atoms with Crippen molar-refractivity contribution in [1.82, 2.24) is 15.5 Å². The number of esters is 1.